The van der Waals surface area contributed by atoms with Crippen molar-refractivity contribution in [2.75, 3.05) is 23.3 Å². The van der Waals surface area contributed by atoms with Crippen LogP contribution < -0.4 is 15.5 Å². The Morgan fingerprint density at radius 2 is 1.93 bits per heavy atom. The zero-order valence-electron chi connectivity index (χ0n) is 22.4. The minimum absolute atomic E-state index is 0.195. The van der Waals surface area contributed by atoms with Crippen LogP contribution in [-0.4, -0.2) is 62.4 Å². The standard InChI is InChI=1S/C29H33N7O4/c1-18-32-27(35-40-18)25-12-11-22(15-30-25)36-13-5-8-21(17-36)33-23-9-2-3-10-24(23)34-29-31-16-26(39-29)19-6-4-7-20(14-19)28(37)38/h4,6-7,11-12,14-16,21,23-24,33H,2-3,5,8-10,13,17H2,1H3,(H,31,34)(H,37,38)/t21-,23+,24+/m0/s1. The zero-order valence-corrected chi connectivity index (χ0v) is 22.4. The monoisotopic (exact) mass is 543 g/mol. The number of benzene rings is 1. The molecule has 0 amide bonds. The van der Waals surface area contributed by atoms with Crippen LogP contribution in [0.3, 0.4) is 0 Å². The van der Waals surface area contributed by atoms with E-state index in [-0.39, 0.29) is 11.6 Å². The van der Waals surface area contributed by atoms with Crippen LogP contribution in [0.4, 0.5) is 11.7 Å². The van der Waals surface area contributed by atoms with E-state index in [1.807, 2.05) is 18.3 Å². The Morgan fingerprint density at radius 1 is 1.05 bits per heavy atom. The summed E-state index contributed by atoms with van der Waals surface area (Å²) in [4.78, 5) is 27.0. The maximum atomic E-state index is 11.3. The van der Waals surface area contributed by atoms with Gasteiger partial charge in [0, 0.05) is 43.7 Å². The van der Waals surface area contributed by atoms with Crippen LogP contribution in [0.2, 0.25) is 0 Å². The highest BCUT2D eigenvalue weighted by Gasteiger charge is 2.30. The third-order valence-electron chi connectivity index (χ3n) is 7.72. The number of piperidine rings is 1. The Balaban J connectivity index is 1.08. The van der Waals surface area contributed by atoms with Crippen molar-refractivity contribution in [1.82, 2.24) is 25.4 Å². The molecule has 1 saturated heterocycles. The molecule has 208 valence electrons. The quantitative estimate of drug-likeness (QED) is 0.283. The number of oxazole rings is 1. The van der Waals surface area contributed by atoms with Gasteiger partial charge in [0.15, 0.2) is 5.76 Å². The Morgan fingerprint density at radius 3 is 2.70 bits per heavy atom. The molecule has 1 aliphatic carbocycles. The Hall–Kier alpha value is -4.25. The van der Waals surface area contributed by atoms with Gasteiger partial charge in [0.1, 0.15) is 5.69 Å². The molecule has 40 heavy (non-hydrogen) atoms. The van der Waals surface area contributed by atoms with Crippen LogP contribution in [-0.2, 0) is 0 Å². The lowest BCUT2D eigenvalue weighted by Gasteiger charge is -2.40. The number of pyridine rings is 1. The molecule has 1 saturated carbocycles. The normalized spacial score (nSPS) is 21.3. The van der Waals surface area contributed by atoms with Crippen LogP contribution in [0, 0.1) is 6.92 Å². The smallest absolute Gasteiger partial charge is 0.335 e. The number of nitrogens with zero attached hydrogens (tertiary/aromatic N) is 5. The fourth-order valence-electron chi connectivity index (χ4n) is 5.70. The molecule has 0 unspecified atom stereocenters. The van der Waals surface area contributed by atoms with Crippen molar-refractivity contribution in [3.05, 3.63) is 60.2 Å². The highest BCUT2D eigenvalue weighted by atomic mass is 16.5. The van der Waals surface area contributed by atoms with Crippen molar-refractivity contribution in [1.29, 1.82) is 0 Å². The van der Waals surface area contributed by atoms with Crippen molar-refractivity contribution < 1.29 is 18.8 Å². The average Bonchev–Trinajstić information content (AvgIpc) is 3.64. The van der Waals surface area contributed by atoms with E-state index < -0.39 is 5.97 Å². The molecule has 3 N–H and O–H groups in total. The summed E-state index contributed by atoms with van der Waals surface area (Å²) in [6.45, 7) is 3.67. The second-order valence-corrected chi connectivity index (χ2v) is 10.5. The first kappa shape index (κ1) is 26.0. The van der Waals surface area contributed by atoms with Crippen LogP contribution in [0.5, 0.6) is 0 Å². The fraction of sp³-hybridized carbons (Fsp3) is 0.414. The molecule has 0 radical (unpaired) electrons. The van der Waals surface area contributed by atoms with Gasteiger partial charge in [-0.2, -0.15) is 4.98 Å². The van der Waals surface area contributed by atoms with Crippen LogP contribution in [0.25, 0.3) is 22.8 Å². The number of carbonyl (C=O) groups is 1. The number of rotatable bonds is 8. The van der Waals surface area contributed by atoms with Gasteiger partial charge in [-0.1, -0.05) is 30.1 Å². The number of hydrogen-bond donors (Lipinski definition) is 3. The molecular formula is C29H33N7O4. The van der Waals surface area contributed by atoms with Gasteiger partial charge in [0.25, 0.3) is 6.01 Å². The Bertz CT molecular complexity index is 1450. The number of aromatic nitrogens is 4. The summed E-state index contributed by atoms with van der Waals surface area (Å²) in [5, 5.41) is 20.7. The summed E-state index contributed by atoms with van der Waals surface area (Å²) in [5.41, 5.74) is 2.70. The second kappa shape index (κ2) is 11.5. The minimum Gasteiger partial charge on any atom is -0.478 e. The lowest BCUT2D eigenvalue weighted by Crippen LogP contribution is -2.54. The minimum atomic E-state index is -0.968. The fourth-order valence-corrected chi connectivity index (χ4v) is 5.70. The second-order valence-electron chi connectivity index (χ2n) is 10.5. The molecule has 11 heteroatoms. The maximum Gasteiger partial charge on any atom is 0.335 e. The van der Waals surface area contributed by atoms with E-state index in [9.17, 15) is 9.90 Å². The van der Waals surface area contributed by atoms with E-state index in [2.05, 4.69) is 41.7 Å². The van der Waals surface area contributed by atoms with Gasteiger partial charge in [-0.3, -0.25) is 4.98 Å². The molecule has 4 aromatic rings. The first-order valence-electron chi connectivity index (χ1n) is 13.9. The third kappa shape index (κ3) is 5.84. The molecule has 3 aromatic heterocycles. The van der Waals surface area contributed by atoms with E-state index in [1.165, 1.54) is 6.42 Å². The van der Waals surface area contributed by atoms with Gasteiger partial charge in [0.2, 0.25) is 11.7 Å². The zero-order chi connectivity index (χ0) is 27.5. The summed E-state index contributed by atoms with van der Waals surface area (Å²) >= 11 is 0. The molecule has 1 aliphatic heterocycles. The molecule has 2 fully saturated rings. The largest absolute Gasteiger partial charge is 0.478 e. The molecule has 0 spiro atoms. The molecular weight excluding hydrogens is 510 g/mol. The number of aryl methyl sites for hydroxylation is 1. The van der Waals surface area contributed by atoms with Gasteiger partial charge in [-0.25, -0.2) is 9.78 Å². The Labute approximate surface area is 232 Å². The van der Waals surface area contributed by atoms with Gasteiger partial charge in [-0.05, 0) is 49.9 Å². The van der Waals surface area contributed by atoms with Crippen molar-refractivity contribution >= 4 is 17.7 Å². The maximum absolute atomic E-state index is 11.3. The van der Waals surface area contributed by atoms with E-state index in [0.29, 0.717) is 46.8 Å². The lowest BCUT2D eigenvalue weighted by molar-refractivity contribution is 0.0697. The van der Waals surface area contributed by atoms with Crippen molar-refractivity contribution in [2.24, 2.45) is 0 Å². The SMILES string of the molecule is Cc1nc(-c2ccc(N3CCC[C@H](N[C@@H]4CCCC[C@H]4Nc4ncc(-c5cccc(C(=O)O)c5)o4)C3)cn2)no1. The van der Waals surface area contributed by atoms with Gasteiger partial charge in [-0.15, -0.1) is 0 Å². The van der Waals surface area contributed by atoms with E-state index in [4.69, 9.17) is 8.94 Å². The number of aromatic carboxylic acids is 1. The number of anilines is 2. The number of hydrogen-bond acceptors (Lipinski definition) is 10. The van der Waals surface area contributed by atoms with Crippen molar-refractivity contribution in [3.8, 4) is 22.8 Å². The highest BCUT2D eigenvalue weighted by molar-refractivity contribution is 5.89. The highest BCUT2D eigenvalue weighted by Crippen LogP contribution is 2.28. The van der Waals surface area contributed by atoms with E-state index >= 15 is 0 Å². The summed E-state index contributed by atoms with van der Waals surface area (Å²) in [7, 11) is 0. The lowest BCUT2D eigenvalue weighted by atomic mass is 9.89. The first-order valence-corrected chi connectivity index (χ1v) is 13.9. The third-order valence-corrected chi connectivity index (χ3v) is 7.72. The van der Waals surface area contributed by atoms with Crippen LogP contribution in [0.1, 0.15) is 54.8 Å². The Kier molecular flexibility index (Phi) is 7.45. The summed E-state index contributed by atoms with van der Waals surface area (Å²) in [6, 6.07) is 12.0. The predicted octanol–water partition coefficient (Wildman–Crippen LogP) is 4.77. The number of nitrogens with one attached hydrogen (secondary N) is 2. The molecule has 6 rings (SSSR count). The average molecular weight is 544 g/mol. The van der Waals surface area contributed by atoms with E-state index in [0.717, 1.165) is 50.9 Å². The van der Waals surface area contributed by atoms with Crippen LogP contribution in [0.15, 0.2) is 57.7 Å². The molecule has 4 heterocycles. The molecule has 11 nitrogen and oxygen atoms in total. The molecule has 3 atom stereocenters. The van der Waals surface area contributed by atoms with Crippen molar-refractivity contribution in [3.63, 3.8) is 0 Å². The molecule has 1 aromatic carbocycles. The molecule has 2 aliphatic rings. The summed E-state index contributed by atoms with van der Waals surface area (Å²) in [5.74, 6) is 0.604. The first-order chi connectivity index (χ1) is 19.5. The summed E-state index contributed by atoms with van der Waals surface area (Å²) in [6.07, 6.45) is 10.2. The van der Waals surface area contributed by atoms with E-state index in [1.54, 1.807) is 31.3 Å². The van der Waals surface area contributed by atoms with Gasteiger partial charge in [0.05, 0.1) is 23.6 Å². The van der Waals surface area contributed by atoms with Gasteiger partial charge >= 0.3 is 5.97 Å². The number of carboxylic acids is 1. The topological polar surface area (TPSA) is 142 Å². The number of carboxylic acid groups (broad SMARTS) is 1. The van der Waals surface area contributed by atoms with Crippen LogP contribution >= 0.6 is 0 Å². The van der Waals surface area contributed by atoms with Gasteiger partial charge < -0.3 is 29.6 Å². The molecule has 0 bridgehead atoms. The summed E-state index contributed by atoms with van der Waals surface area (Å²) < 4.78 is 11.1. The predicted molar refractivity (Wildman–Crippen MR) is 149 cm³/mol. The van der Waals surface area contributed by atoms with Crippen molar-refractivity contribution in [2.45, 2.75) is 63.6 Å².